The van der Waals surface area contributed by atoms with E-state index < -0.39 is 0 Å². The summed E-state index contributed by atoms with van der Waals surface area (Å²) in [5.74, 6) is 0. The number of thiophene rings is 3. The molecule has 0 atom stereocenters. The van der Waals surface area contributed by atoms with Gasteiger partial charge in [-0.2, -0.15) is 0 Å². The minimum absolute atomic E-state index is 1.04. The van der Waals surface area contributed by atoms with E-state index in [0.717, 1.165) is 10.2 Å². The fourth-order valence-electron chi connectivity index (χ4n) is 6.53. The second kappa shape index (κ2) is 7.64. The zero-order valence-electron chi connectivity index (χ0n) is 20.9. The molecule has 186 valence electrons. The van der Waals surface area contributed by atoms with Crippen LogP contribution in [0.1, 0.15) is 0 Å². The number of hydrogen-bond acceptors (Lipinski definition) is 5. The van der Waals surface area contributed by atoms with Crippen LogP contribution in [0.5, 0.6) is 0 Å². The van der Waals surface area contributed by atoms with E-state index in [1.165, 1.54) is 77.9 Å². The lowest BCUT2D eigenvalue weighted by atomic mass is 10.0. The molecule has 0 unspecified atom stereocenters. The van der Waals surface area contributed by atoms with Crippen molar-refractivity contribution in [2.45, 2.75) is 0 Å². The van der Waals surface area contributed by atoms with Crippen LogP contribution in [0, 0.1) is 0 Å². The summed E-state index contributed by atoms with van der Waals surface area (Å²) >= 11 is 5.55. The van der Waals surface area contributed by atoms with Gasteiger partial charge in [-0.1, -0.05) is 54.6 Å². The maximum absolute atomic E-state index is 4.70. The molecule has 0 aliphatic heterocycles. The van der Waals surface area contributed by atoms with Gasteiger partial charge >= 0.3 is 0 Å². The van der Waals surface area contributed by atoms with Crippen molar-refractivity contribution >= 4 is 116 Å². The first-order valence-corrected chi connectivity index (χ1v) is 15.6. The van der Waals surface area contributed by atoms with Crippen molar-refractivity contribution in [1.29, 1.82) is 0 Å². The quantitative estimate of drug-likeness (QED) is 0.199. The fourth-order valence-corrected chi connectivity index (χ4v) is 10.0. The Morgan fingerprint density at radius 2 is 1.27 bits per heavy atom. The summed E-state index contributed by atoms with van der Waals surface area (Å²) in [4.78, 5) is 10.2. The predicted octanol–water partition coefficient (Wildman–Crippen LogP) is 10.7. The molecule has 0 spiro atoms. The molecule has 0 aliphatic carbocycles. The van der Waals surface area contributed by atoms with Crippen molar-refractivity contribution in [2.75, 3.05) is 0 Å². The first-order chi connectivity index (χ1) is 19.8. The minimum Gasteiger partial charge on any atom is -0.308 e. The van der Waals surface area contributed by atoms with E-state index in [0.29, 0.717) is 0 Å². The average molecular weight is 564 g/mol. The Bertz CT molecular complexity index is 2670. The summed E-state index contributed by atoms with van der Waals surface area (Å²) in [6.07, 6.45) is 3.66. The van der Waals surface area contributed by atoms with Gasteiger partial charge in [-0.05, 0) is 36.4 Å². The normalized spacial score (nSPS) is 12.5. The highest BCUT2D eigenvalue weighted by Gasteiger charge is 2.24. The molecule has 0 aliphatic rings. The summed E-state index contributed by atoms with van der Waals surface area (Å²) in [5, 5.41) is 10.3. The van der Waals surface area contributed by atoms with Crippen LogP contribution >= 0.6 is 34.0 Å². The molecule has 0 radical (unpaired) electrons. The lowest BCUT2D eigenvalue weighted by molar-refractivity contribution is 1.20. The Morgan fingerprint density at radius 3 is 2.17 bits per heavy atom. The van der Waals surface area contributed by atoms with Gasteiger partial charge in [-0.15, -0.1) is 34.0 Å². The van der Waals surface area contributed by atoms with Crippen molar-refractivity contribution in [3.8, 4) is 5.69 Å². The Kier molecular flexibility index (Phi) is 4.10. The molecule has 6 heteroatoms. The number of rotatable bonds is 1. The minimum atomic E-state index is 1.04. The summed E-state index contributed by atoms with van der Waals surface area (Å²) in [7, 11) is 0. The van der Waals surface area contributed by atoms with E-state index in [9.17, 15) is 0 Å². The maximum atomic E-state index is 4.70. The van der Waals surface area contributed by atoms with E-state index in [4.69, 9.17) is 4.98 Å². The SMILES string of the molecule is c1ccc2c(c1)sc1ccc(-n3c4ccccc4c4c5sc6ncncc6c5c5c6ccccc6sc5c43)cc12. The first kappa shape index (κ1) is 21.5. The lowest BCUT2D eigenvalue weighted by Gasteiger charge is -2.10. The molecule has 10 rings (SSSR count). The average Bonchev–Trinajstić information content (AvgIpc) is 3.75. The van der Waals surface area contributed by atoms with Gasteiger partial charge in [0.2, 0.25) is 0 Å². The van der Waals surface area contributed by atoms with E-state index in [-0.39, 0.29) is 0 Å². The van der Waals surface area contributed by atoms with Gasteiger partial charge in [0, 0.05) is 73.8 Å². The van der Waals surface area contributed by atoms with Gasteiger partial charge in [0.15, 0.2) is 0 Å². The van der Waals surface area contributed by atoms with Crippen molar-refractivity contribution in [3.63, 3.8) is 0 Å². The van der Waals surface area contributed by atoms with E-state index in [1.54, 1.807) is 17.7 Å². The van der Waals surface area contributed by atoms with Crippen molar-refractivity contribution in [2.24, 2.45) is 0 Å². The van der Waals surface area contributed by atoms with Gasteiger partial charge < -0.3 is 4.57 Å². The molecular weight excluding hydrogens is 547 g/mol. The van der Waals surface area contributed by atoms with E-state index in [2.05, 4.69) is 101 Å². The molecule has 40 heavy (non-hydrogen) atoms. The van der Waals surface area contributed by atoms with Gasteiger partial charge in [-0.3, -0.25) is 0 Å². The van der Waals surface area contributed by atoms with Crippen molar-refractivity contribution in [3.05, 3.63) is 104 Å². The highest BCUT2D eigenvalue weighted by molar-refractivity contribution is 7.29. The summed E-state index contributed by atoms with van der Waals surface area (Å²) < 4.78 is 9.07. The number of benzene rings is 5. The third-order valence-electron chi connectivity index (χ3n) is 8.15. The van der Waals surface area contributed by atoms with Crippen LogP contribution in [0.25, 0.3) is 88.1 Å². The third-order valence-corrected chi connectivity index (χ3v) is 11.6. The van der Waals surface area contributed by atoms with Crippen LogP contribution in [0.15, 0.2) is 104 Å². The monoisotopic (exact) mass is 563 g/mol. The summed E-state index contributed by atoms with van der Waals surface area (Å²) in [5.41, 5.74) is 3.70. The van der Waals surface area contributed by atoms with E-state index in [1.807, 2.05) is 28.9 Å². The molecule has 0 bridgehead atoms. The number of fused-ring (bicyclic) bond motifs is 15. The highest BCUT2D eigenvalue weighted by Crippen LogP contribution is 2.51. The van der Waals surface area contributed by atoms with Crippen molar-refractivity contribution < 1.29 is 0 Å². The number of aromatic nitrogens is 3. The van der Waals surface area contributed by atoms with Crippen LogP contribution in [0.3, 0.4) is 0 Å². The summed E-state index contributed by atoms with van der Waals surface area (Å²) in [6.45, 7) is 0. The molecule has 5 aromatic heterocycles. The lowest BCUT2D eigenvalue weighted by Crippen LogP contribution is -1.93. The van der Waals surface area contributed by atoms with Crippen molar-refractivity contribution in [1.82, 2.24) is 14.5 Å². The molecule has 0 N–H and O–H groups in total. The fraction of sp³-hybridized carbons (Fsp3) is 0. The first-order valence-electron chi connectivity index (χ1n) is 13.2. The molecule has 0 saturated heterocycles. The van der Waals surface area contributed by atoms with Gasteiger partial charge in [0.05, 0.1) is 15.7 Å². The zero-order chi connectivity index (χ0) is 25.9. The van der Waals surface area contributed by atoms with Crippen LogP contribution in [0.4, 0.5) is 0 Å². The number of para-hydroxylation sites is 1. The highest BCUT2D eigenvalue weighted by atomic mass is 32.1. The molecular formula is C34H17N3S3. The van der Waals surface area contributed by atoms with Crippen LogP contribution in [-0.2, 0) is 0 Å². The van der Waals surface area contributed by atoms with Crippen LogP contribution in [-0.4, -0.2) is 14.5 Å². The maximum Gasteiger partial charge on any atom is 0.127 e. The Hall–Kier alpha value is -4.36. The molecule has 0 fully saturated rings. The van der Waals surface area contributed by atoms with Gasteiger partial charge in [-0.25, -0.2) is 9.97 Å². The molecule has 5 heterocycles. The molecule has 3 nitrogen and oxygen atoms in total. The molecule has 10 aromatic rings. The smallest absolute Gasteiger partial charge is 0.127 e. The number of nitrogens with zero attached hydrogens (tertiary/aromatic N) is 3. The van der Waals surface area contributed by atoms with E-state index >= 15 is 0 Å². The van der Waals surface area contributed by atoms with Gasteiger partial charge in [0.1, 0.15) is 11.2 Å². The largest absolute Gasteiger partial charge is 0.308 e. The van der Waals surface area contributed by atoms with Crippen LogP contribution in [0.2, 0.25) is 0 Å². The predicted molar refractivity (Wildman–Crippen MR) is 175 cm³/mol. The second-order valence-corrected chi connectivity index (χ2v) is 13.3. The third kappa shape index (κ3) is 2.63. The molecule has 5 aromatic carbocycles. The van der Waals surface area contributed by atoms with Gasteiger partial charge in [0.25, 0.3) is 0 Å². The topological polar surface area (TPSA) is 30.7 Å². The Labute approximate surface area is 239 Å². The molecule has 0 amide bonds. The molecule has 0 saturated carbocycles. The van der Waals surface area contributed by atoms with Crippen LogP contribution < -0.4 is 0 Å². The number of hydrogen-bond donors (Lipinski definition) is 0. The zero-order valence-corrected chi connectivity index (χ0v) is 23.3. The Balaban J connectivity index is 1.49. The second-order valence-electron chi connectivity index (χ2n) is 10.2. The standard InChI is InChI=1S/C34H17N3S3/c1-4-10-24-20(8-1)30-31(37(24)18-13-14-27-22(15-18)19-7-2-5-11-25(19)38-27)33-28(21-9-3-6-12-26(21)39-33)29-23-16-35-17-36-34(23)40-32(29)30/h1-17H. The summed E-state index contributed by atoms with van der Waals surface area (Å²) in [6, 6.07) is 33.4. The Morgan fingerprint density at radius 1 is 0.550 bits per heavy atom.